The van der Waals surface area contributed by atoms with Gasteiger partial charge in [0.15, 0.2) is 0 Å². The maximum Gasteiger partial charge on any atom is 0.255 e. The summed E-state index contributed by atoms with van der Waals surface area (Å²) in [5, 5.41) is 0. The summed E-state index contributed by atoms with van der Waals surface area (Å²) < 4.78 is 19.6. The third kappa shape index (κ3) is 3.20. The highest BCUT2D eigenvalue weighted by atomic mass is 19.1. The third-order valence-corrected chi connectivity index (χ3v) is 5.84. The van der Waals surface area contributed by atoms with Crippen molar-refractivity contribution in [1.82, 2.24) is 9.80 Å². The van der Waals surface area contributed by atoms with Crippen LogP contribution in [0.15, 0.2) is 28.7 Å². The molecule has 2 amide bonds. The van der Waals surface area contributed by atoms with Gasteiger partial charge < -0.3 is 15.1 Å². The number of piperidine rings is 1. The summed E-state index contributed by atoms with van der Waals surface area (Å²) in [6, 6.07) is 6.12. The molecule has 0 saturated carbocycles. The summed E-state index contributed by atoms with van der Waals surface area (Å²) in [7, 11) is 0. The minimum atomic E-state index is -0.776. The number of primary amides is 1. The molecule has 2 aromatic rings. The Bertz CT molecular complexity index is 931. The highest BCUT2D eigenvalue weighted by Crippen LogP contribution is 2.39. The number of carbonyl (C=O) groups excluding carboxylic acids is 2. The fourth-order valence-corrected chi connectivity index (χ4v) is 4.47. The van der Waals surface area contributed by atoms with Gasteiger partial charge >= 0.3 is 0 Å². The van der Waals surface area contributed by atoms with Gasteiger partial charge in [0.25, 0.3) is 5.91 Å². The van der Waals surface area contributed by atoms with E-state index in [0.717, 1.165) is 50.1 Å². The maximum atomic E-state index is 14.0. The van der Waals surface area contributed by atoms with Crippen molar-refractivity contribution < 1.29 is 18.4 Å². The van der Waals surface area contributed by atoms with Crippen LogP contribution in [0.1, 0.15) is 63.6 Å². The standard InChI is InChI=1S/C21H24FN3O3/c1-12-3-4-16(28-12)11-24-7-5-15(6-8-24)25-13(2)17-9-14(22)10-18(20(23)26)19(17)21(25)27/h3-4,9-10,13,15H,5-8,11H2,1-2H3,(H2,23,26). The van der Waals surface area contributed by atoms with Crippen molar-refractivity contribution in [1.29, 1.82) is 0 Å². The average molecular weight is 385 g/mol. The van der Waals surface area contributed by atoms with Crippen molar-refractivity contribution in [2.45, 2.75) is 45.3 Å². The number of amides is 2. The number of hydrogen-bond acceptors (Lipinski definition) is 4. The van der Waals surface area contributed by atoms with Crippen LogP contribution < -0.4 is 5.73 Å². The number of benzene rings is 1. The van der Waals surface area contributed by atoms with Crippen molar-refractivity contribution in [3.8, 4) is 0 Å². The number of rotatable bonds is 4. The van der Waals surface area contributed by atoms with Crippen molar-refractivity contribution in [3.63, 3.8) is 0 Å². The van der Waals surface area contributed by atoms with E-state index in [1.807, 2.05) is 26.0 Å². The first-order valence-electron chi connectivity index (χ1n) is 9.58. The van der Waals surface area contributed by atoms with Crippen molar-refractivity contribution in [2.75, 3.05) is 13.1 Å². The lowest BCUT2D eigenvalue weighted by atomic mass is 9.99. The number of halogens is 1. The van der Waals surface area contributed by atoms with Crippen LogP contribution in [0.5, 0.6) is 0 Å². The Kier molecular flexibility index (Phi) is 4.71. The van der Waals surface area contributed by atoms with Crippen molar-refractivity contribution in [3.05, 3.63) is 58.3 Å². The number of hydrogen-bond donors (Lipinski definition) is 1. The molecule has 0 bridgehead atoms. The van der Waals surface area contributed by atoms with E-state index < -0.39 is 11.7 Å². The van der Waals surface area contributed by atoms with E-state index in [1.54, 1.807) is 4.90 Å². The molecule has 7 heteroatoms. The molecule has 2 aliphatic heterocycles. The van der Waals surface area contributed by atoms with E-state index in [1.165, 1.54) is 6.07 Å². The molecule has 148 valence electrons. The summed E-state index contributed by atoms with van der Waals surface area (Å²) >= 11 is 0. The van der Waals surface area contributed by atoms with Crippen LogP contribution in [0.2, 0.25) is 0 Å². The van der Waals surface area contributed by atoms with Crippen LogP contribution in [0.3, 0.4) is 0 Å². The predicted octanol–water partition coefficient (Wildman–Crippen LogP) is 3.01. The normalized spacial score (nSPS) is 20.6. The topological polar surface area (TPSA) is 79.8 Å². The molecule has 0 radical (unpaired) electrons. The first-order valence-corrected chi connectivity index (χ1v) is 9.58. The average Bonchev–Trinajstić information content (AvgIpc) is 3.16. The van der Waals surface area contributed by atoms with E-state index >= 15 is 0 Å². The van der Waals surface area contributed by atoms with E-state index in [0.29, 0.717) is 5.56 Å². The number of aryl methyl sites for hydroxylation is 1. The lowest BCUT2D eigenvalue weighted by molar-refractivity contribution is 0.0503. The van der Waals surface area contributed by atoms with Crippen LogP contribution >= 0.6 is 0 Å². The van der Waals surface area contributed by atoms with Crippen molar-refractivity contribution >= 4 is 11.8 Å². The minimum Gasteiger partial charge on any atom is -0.465 e. The largest absolute Gasteiger partial charge is 0.465 e. The second kappa shape index (κ2) is 7.05. The van der Waals surface area contributed by atoms with Crippen molar-refractivity contribution in [2.24, 2.45) is 5.73 Å². The Morgan fingerprint density at radius 2 is 2.00 bits per heavy atom. The summed E-state index contributed by atoms with van der Waals surface area (Å²) in [5.74, 6) is 0.294. The summed E-state index contributed by atoms with van der Waals surface area (Å²) in [4.78, 5) is 28.9. The van der Waals surface area contributed by atoms with Gasteiger partial charge in [0.2, 0.25) is 5.91 Å². The molecule has 4 rings (SSSR count). The quantitative estimate of drug-likeness (QED) is 0.877. The molecule has 1 unspecified atom stereocenters. The number of carbonyl (C=O) groups is 2. The number of nitrogens with two attached hydrogens (primary N) is 1. The zero-order valence-electron chi connectivity index (χ0n) is 16.1. The minimum absolute atomic E-state index is 0.0278. The highest BCUT2D eigenvalue weighted by molar-refractivity contribution is 6.09. The summed E-state index contributed by atoms with van der Waals surface area (Å²) in [5.41, 5.74) is 6.17. The number of fused-ring (bicyclic) bond motifs is 1. The fourth-order valence-electron chi connectivity index (χ4n) is 4.47. The Morgan fingerprint density at radius 1 is 1.29 bits per heavy atom. The first kappa shape index (κ1) is 18.7. The van der Waals surface area contributed by atoms with Gasteiger partial charge in [-0.3, -0.25) is 14.5 Å². The Morgan fingerprint density at radius 3 is 2.61 bits per heavy atom. The van der Waals surface area contributed by atoms with Crippen LogP contribution in [-0.4, -0.2) is 40.7 Å². The molecular weight excluding hydrogens is 361 g/mol. The van der Waals surface area contributed by atoms with Gasteiger partial charge in [-0.25, -0.2) is 4.39 Å². The van der Waals surface area contributed by atoms with E-state index in [4.69, 9.17) is 10.2 Å². The predicted molar refractivity (Wildman–Crippen MR) is 101 cm³/mol. The molecule has 6 nitrogen and oxygen atoms in total. The Labute approximate surface area is 163 Å². The maximum absolute atomic E-state index is 14.0. The van der Waals surface area contributed by atoms with Crippen LogP contribution in [0.25, 0.3) is 0 Å². The van der Waals surface area contributed by atoms with Gasteiger partial charge in [-0.15, -0.1) is 0 Å². The van der Waals surface area contributed by atoms with Gasteiger partial charge in [0.05, 0.1) is 23.7 Å². The number of nitrogens with zero attached hydrogens (tertiary/aromatic N) is 2. The number of likely N-dealkylation sites (tertiary alicyclic amines) is 1. The van der Waals surface area contributed by atoms with E-state index in [2.05, 4.69) is 4.90 Å². The van der Waals surface area contributed by atoms with Gasteiger partial charge in [0, 0.05) is 19.1 Å². The lowest BCUT2D eigenvalue weighted by Crippen LogP contribution is -2.45. The second-order valence-electron chi connectivity index (χ2n) is 7.69. The number of furan rings is 1. The molecule has 2 aliphatic rings. The first-order chi connectivity index (χ1) is 13.3. The molecule has 2 N–H and O–H groups in total. The molecule has 1 aromatic carbocycles. The molecule has 0 aliphatic carbocycles. The fraction of sp³-hybridized carbons (Fsp3) is 0.429. The summed E-state index contributed by atoms with van der Waals surface area (Å²) in [6.45, 7) is 6.24. The molecule has 0 spiro atoms. The molecule has 1 fully saturated rings. The highest BCUT2D eigenvalue weighted by Gasteiger charge is 2.41. The van der Waals surface area contributed by atoms with Gasteiger partial charge in [-0.1, -0.05) is 0 Å². The Hall–Kier alpha value is -2.67. The van der Waals surface area contributed by atoms with E-state index in [-0.39, 0.29) is 29.1 Å². The molecule has 3 heterocycles. The van der Waals surface area contributed by atoms with Gasteiger partial charge in [-0.2, -0.15) is 0 Å². The monoisotopic (exact) mass is 385 g/mol. The second-order valence-corrected chi connectivity index (χ2v) is 7.69. The molecule has 1 aromatic heterocycles. The van der Waals surface area contributed by atoms with Crippen LogP contribution in [0.4, 0.5) is 4.39 Å². The molecule has 1 saturated heterocycles. The van der Waals surface area contributed by atoms with Gasteiger partial charge in [-0.05, 0) is 56.5 Å². The lowest BCUT2D eigenvalue weighted by Gasteiger charge is -2.38. The van der Waals surface area contributed by atoms with E-state index in [9.17, 15) is 14.0 Å². The Balaban J connectivity index is 1.49. The molecule has 1 atom stereocenters. The zero-order chi connectivity index (χ0) is 20.0. The smallest absolute Gasteiger partial charge is 0.255 e. The molecular formula is C21H24FN3O3. The van der Waals surface area contributed by atoms with Crippen LogP contribution in [-0.2, 0) is 6.54 Å². The molecule has 28 heavy (non-hydrogen) atoms. The van der Waals surface area contributed by atoms with Crippen LogP contribution in [0, 0.1) is 12.7 Å². The van der Waals surface area contributed by atoms with Gasteiger partial charge in [0.1, 0.15) is 17.3 Å². The summed E-state index contributed by atoms with van der Waals surface area (Å²) in [6.07, 6.45) is 1.64. The third-order valence-electron chi connectivity index (χ3n) is 5.84. The SMILES string of the molecule is Cc1ccc(CN2CCC(N3C(=O)c4c(C(N)=O)cc(F)cc4C3C)CC2)o1. The zero-order valence-corrected chi connectivity index (χ0v) is 16.1.